The summed E-state index contributed by atoms with van der Waals surface area (Å²) >= 11 is 0. The first kappa shape index (κ1) is 21.5. The van der Waals surface area contributed by atoms with Gasteiger partial charge < -0.3 is 21.1 Å². The fourth-order valence-corrected chi connectivity index (χ4v) is 4.17. The molecule has 0 radical (unpaired) electrons. The molecular formula is C20H35N3O4. The Morgan fingerprint density at radius 2 is 1.44 bits per heavy atom. The lowest BCUT2D eigenvalue weighted by molar-refractivity contribution is -0.143. The Labute approximate surface area is 162 Å². The van der Waals surface area contributed by atoms with E-state index < -0.39 is 11.9 Å². The zero-order valence-corrected chi connectivity index (χ0v) is 16.3. The van der Waals surface area contributed by atoms with Gasteiger partial charge in [-0.25, -0.2) is 4.79 Å². The maximum atomic E-state index is 12.2. The highest BCUT2D eigenvalue weighted by atomic mass is 16.4. The lowest BCUT2D eigenvalue weighted by Gasteiger charge is -2.27. The largest absolute Gasteiger partial charge is 0.481 e. The molecule has 2 aliphatic rings. The number of urea groups is 1. The van der Waals surface area contributed by atoms with Crippen molar-refractivity contribution in [2.24, 2.45) is 5.92 Å². The van der Waals surface area contributed by atoms with Crippen molar-refractivity contribution in [3.05, 3.63) is 0 Å². The van der Waals surface area contributed by atoms with Gasteiger partial charge in [0.2, 0.25) is 5.91 Å². The zero-order valence-electron chi connectivity index (χ0n) is 16.3. The van der Waals surface area contributed by atoms with E-state index >= 15 is 0 Å². The van der Waals surface area contributed by atoms with Crippen LogP contribution >= 0.6 is 0 Å². The van der Waals surface area contributed by atoms with Gasteiger partial charge in [-0.1, -0.05) is 44.9 Å². The average Bonchev–Trinajstić information content (AvgIpc) is 2.61. The first-order valence-electron chi connectivity index (χ1n) is 10.6. The molecule has 2 fully saturated rings. The second-order valence-corrected chi connectivity index (χ2v) is 7.95. The SMILES string of the molecule is O=C(CCCNC(=O)NC1CCCCC1)NC1CCCCCCC1C(=O)O. The van der Waals surface area contributed by atoms with E-state index in [1.807, 2.05) is 0 Å². The van der Waals surface area contributed by atoms with Crippen molar-refractivity contribution >= 4 is 17.9 Å². The quantitative estimate of drug-likeness (QED) is 0.509. The smallest absolute Gasteiger partial charge is 0.315 e. The highest BCUT2D eigenvalue weighted by Gasteiger charge is 2.29. The van der Waals surface area contributed by atoms with Crippen LogP contribution in [-0.2, 0) is 9.59 Å². The van der Waals surface area contributed by atoms with Gasteiger partial charge in [0, 0.05) is 25.0 Å². The van der Waals surface area contributed by atoms with E-state index in [1.165, 1.54) is 19.3 Å². The van der Waals surface area contributed by atoms with Crippen LogP contribution in [0.25, 0.3) is 0 Å². The molecule has 7 heteroatoms. The summed E-state index contributed by atoms with van der Waals surface area (Å²) < 4.78 is 0. The minimum absolute atomic E-state index is 0.124. The lowest BCUT2D eigenvalue weighted by Crippen LogP contribution is -2.44. The number of nitrogens with one attached hydrogen (secondary N) is 3. The third kappa shape index (κ3) is 8.18. The molecule has 2 atom stereocenters. The van der Waals surface area contributed by atoms with Crippen molar-refractivity contribution in [3.8, 4) is 0 Å². The molecule has 0 aliphatic heterocycles. The first-order valence-corrected chi connectivity index (χ1v) is 10.6. The Morgan fingerprint density at radius 3 is 2.15 bits per heavy atom. The Hall–Kier alpha value is -1.79. The molecular weight excluding hydrogens is 346 g/mol. The molecule has 2 saturated carbocycles. The third-order valence-corrected chi connectivity index (χ3v) is 5.74. The van der Waals surface area contributed by atoms with Crippen LogP contribution in [-0.4, -0.2) is 41.6 Å². The molecule has 0 saturated heterocycles. The van der Waals surface area contributed by atoms with Crippen molar-refractivity contribution in [2.75, 3.05) is 6.54 Å². The molecule has 0 aromatic heterocycles. The Balaban J connectivity index is 1.63. The van der Waals surface area contributed by atoms with Gasteiger partial charge in [0.15, 0.2) is 0 Å². The van der Waals surface area contributed by atoms with Gasteiger partial charge in [0.1, 0.15) is 0 Å². The summed E-state index contributed by atoms with van der Waals surface area (Å²) in [6.07, 6.45) is 11.9. The van der Waals surface area contributed by atoms with Crippen LogP contribution in [0.5, 0.6) is 0 Å². The van der Waals surface area contributed by atoms with Crippen molar-refractivity contribution in [1.82, 2.24) is 16.0 Å². The summed E-state index contributed by atoms with van der Waals surface area (Å²) in [7, 11) is 0. The summed E-state index contributed by atoms with van der Waals surface area (Å²) in [4.78, 5) is 35.6. The molecule has 7 nitrogen and oxygen atoms in total. The summed E-state index contributed by atoms with van der Waals surface area (Å²) in [5, 5.41) is 18.2. The van der Waals surface area contributed by atoms with Crippen molar-refractivity contribution in [3.63, 3.8) is 0 Å². The lowest BCUT2D eigenvalue weighted by atomic mass is 9.86. The van der Waals surface area contributed by atoms with Crippen LogP contribution < -0.4 is 16.0 Å². The van der Waals surface area contributed by atoms with E-state index in [4.69, 9.17) is 0 Å². The number of rotatable bonds is 7. The molecule has 3 amide bonds. The van der Waals surface area contributed by atoms with E-state index in [9.17, 15) is 19.5 Å². The van der Waals surface area contributed by atoms with Crippen LogP contribution in [0.2, 0.25) is 0 Å². The van der Waals surface area contributed by atoms with Crippen molar-refractivity contribution in [1.29, 1.82) is 0 Å². The second-order valence-electron chi connectivity index (χ2n) is 7.95. The maximum absolute atomic E-state index is 12.2. The number of carbonyl (C=O) groups is 3. The molecule has 154 valence electrons. The number of amides is 3. The molecule has 2 aliphatic carbocycles. The van der Waals surface area contributed by atoms with Crippen LogP contribution in [0.3, 0.4) is 0 Å². The molecule has 0 aromatic rings. The summed E-state index contributed by atoms with van der Waals surface area (Å²) in [5.41, 5.74) is 0. The van der Waals surface area contributed by atoms with Gasteiger partial charge in [0.05, 0.1) is 5.92 Å². The number of hydrogen-bond acceptors (Lipinski definition) is 3. The Morgan fingerprint density at radius 1 is 0.815 bits per heavy atom. The molecule has 27 heavy (non-hydrogen) atoms. The summed E-state index contributed by atoms with van der Waals surface area (Å²) in [6.45, 7) is 0.443. The van der Waals surface area contributed by atoms with Gasteiger partial charge in [-0.2, -0.15) is 0 Å². The van der Waals surface area contributed by atoms with E-state index in [2.05, 4.69) is 16.0 Å². The summed E-state index contributed by atoms with van der Waals surface area (Å²) in [6, 6.07) is -0.166. The number of carbonyl (C=O) groups excluding carboxylic acids is 2. The molecule has 0 heterocycles. The fraction of sp³-hybridized carbons (Fsp3) is 0.850. The van der Waals surface area contributed by atoms with E-state index in [0.717, 1.165) is 44.9 Å². The number of carboxylic acids is 1. The first-order chi connectivity index (χ1) is 13.1. The third-order valence-electron chi connectivity index (χ3n) is 5.74. The van der Waals surface area contributed by atoms with Gasteiger partial charge in [-0.05, 0) is 32.1 Å². The van der Waals surface area contributed by atoms with E-state index in [-0.39, 0.29) is 24.0 Å². The molecule has 2 rings (SSSR count). The van der Waals surface area contributed by atoms with Gasteiger partial charge in [0.25, 0.3) is 0 Å². The number of carboxylic acid groups (broad SMARTS) is 1. The number of hydrogen-bond donors (Lipinski definition) is 4. The van der Waals surface area contributed by atoms with Crippen molar-refractivity contribution < 1.29 is 19.5 Å². The predicted octanol–water partition coefficient (Wildman–Crippen LogP) is 2.94. The molecule has 0 bridgehead atoms. The monoisotopic (exact) mass is 381 g/mol. The minimum atomic E-state index is -0.816. The van der Waals surface area contributed by atoms with Crippen LogP contribution in [0, 0.1) is 5.92 Å². The van der Waals surface area contributed by atoms with E-state index in [0.29, 0.717) is 25.8 Å². The van der Waals surface area contributed by atoms with Gasteiger partial charge in [-0.15, -0.1) is 0 Å². The number of aliphatic carboxylic acids is 1. The van der Waals surface area contributed by atoms with Crippen molar-refractivity contribution in [2.45, 2.75) is 95.6 Å². The standard InChI is InChI=1S/C20H35N3O4/c24-18(23-17-12-7-2-1-6-11-16(17)19(25)26)13-8-14-21-20(27)22-15-9-4-3-5-10-15/h15-17H,1-14H2,(H,23,24)(H,25,26)(H2,21,22,27). The second kappa shape index (κ2) is 11.8. The maximum Gasteiger partial charge on any atom is 0.315 e. The van der Waals surface area contributed by atoms with Crippen LogP contribution in [0.4, 0.5) is 4.79 Å². The predicted molar refractivity (Wildman–Crippen MR) is 103 cm³/mol. The summed E-state index contributed by atoms with van der Waals surface area (Å²) in [5.74, 6) is -1.43. The van der Waals surface area contributed by atoms with Gasteiger partial charge in [-0.3, -0.25) is 9.59 Å². The molecule has 0 spiro atoms. The van der Waals surface area contributed by atoms with Gasteiger partial charge >= 0.3 is 12.0 Å². The van der Waals surface area contributed by atoms with Crippen LogP contribution in [0.1, 0.15) is 83.5 Å². The Kier molecular flexibility index (Phi) is 9.42. The topological polar surface area (TPSA) is 108 Å². The minimum Gasteiger partial charge on any atom is -0.481 e. The molecule has 4 N–H and O–H groups in total. The Bertz CT molecular complexity index is 492. The van der Waals surface area contributed by atoms with Crippen LogP contribution in [0.15, 0.2) is 0 Å². The fourth-order valence-electron chi connectivity index (χ4n) is 4.17. The molecule has 0 aromatic carbocycles. The van der Waals surface area contributed by atoms with E-state index in [1.54, 1.807) is 0 Å². The molecule has 2 unspecified atom stereocenters. The highest BCUT2D eigenvalue weighted by Crippen LogP contribution is 2.23. The average molecular weight is 382 g/mol. The normalized spacial score (nSPS) is 24.3. The zero-order chi connectivity index (χ0) is 19.5. The highest BCUT2D eigenvalue weighted by molar-refractivity contribution is 5.78.